The summed E-state index contributed by atoms with van der Waals surface area (Å²) in [5.41, 5.74) is 2.49. The molecule has 1 heterocycles. The third-order valence-electron chi connectivity index (χ3n) is 4.90. The Kier molecular flexibility index (Phi) is 7.48. The monoisotopic (exact) mass is 453 g/mol. The van der Waals surface area contributed by atoms with Crippen LogP contribution in [-0.2, 0) is 9.53 Å². The average molecular weight is 454 g/mol. The van der Waals surface area contributed by atoms with Crippen LogP contribution < -0.4 is 20.7 Å². The van der Waals surface area contributed by atoms with Crippen LogP contribution in [0.3, 0.4) is 0 Å². The number of para-hydroxylation sites is 2. The molecule has 0 bridgehead atoms. The lowest BCUT2D eigenvalue weighted by Crippen LogP contribution is -2.46. The fourth-order valence-corrected chi connectivity index (χ4v) is 3.68. The molecule has 0 saturated heterocycles. The van der Waals surface area contributed by atoms with Crippen LogP contribution in [0.25, 0.3) is 0 Å². The molecule has 1 amide bonds. The molecule has 0 saturated carbocycles. The van der Waals surface area contributed by atoms with Crippen molar-refractivity contribution < 1.29 is 19.1 Å². The predicted molar refractivity (Wildman–Crippen MR) is 127 cm³/mol. The van der Waals surface area contributed by atoms with E-state index in [9.17, 15) is 9.59 Å². The summed E-state index contributed by atoms with van der Waals surface area (Å²) in [7, 11) is 1.30. The molecule has 32 heavy (non-hydrogen) atoms. The lowest BCUT2D eigenvalue weighted by atomic mass is 9.94. The van der Waals surface area contributed by atoms with Gasteiger partial charge in [-0.3, -0.25) is 4.79 Å². The van der Waals surface area contributed by atoms with Crippen LogP contribution in [0, 0.1) is 5.92 Å². The van der Waals surface area contributed by atoms with E-state index in [0.717, 1.165) is 5.56 Å². The average Bonchev–Trinajstić information content (AvgIpc) is 2.77. The Morgan fingerprint density at radius 2 is 1.81 bits per heavy atom. The topological polar surface area (TPSA) is 88.7 Å². The van der Waals surface area contributed by atoms with E-state index in [2.05, 4.69) is 29.8 Å². The maximum Gasteiger partial charge on any atom is 0.339 e. The van der Waals surface area contributed by atoms with Crippen LogP contribution in [0.5, 0.6) is 5.75 Å². The Bertz CT molecular complexity index is 1060. The van der Waals surface area contributed by atoms with Crippen molar-refractivity contribution in [2.75, 3.05) is 19.0 Å². The zero-order chi connectivity index (χ0) is 23.3. The van der Waals surface area contributed by atoms with Gasteiger partial charge in [0.2, 0.25) is 0 Å². The van der Waals surface area contributed by atoms with E-state index in [4.69, 9.17) is 21.7 Å². The number of amides is 1. The van der Waals surface area contributed by atoms with E-state index in [1.54, 1.807) is 31.2 Å². The summed E-state index contributed by atoms with van der Waals surface area (Å²) in [6.45, 7) is 6.48. The first-order valence-electron chi connectivity index (χ1n) is 10.3. The summed E-state index contributed by atoms with van der Waals surface area (Å²) in [6, 6.07) is 13.7. The molecule has 1 atom stereocenters. The molecule has 1 unspecified atom stereocenters. The van der Waals surface area contributed by atoms with E-state index >= 15 is 0 Å². The molecule has 1 aliphatic rings. The second-order valence-electron chi connectivity index (χ2n) is 7.80. The quantitative estimate of drug-likeness (QED) is 0.432. The largest absolute Gasteiger partial charge is 0.493 e. The molecular weight excluding hydrogens is 426 g/mol. The molecule has 0 aromatic heterocycles. The summed E-state index contributed by atoms with van der Waals surface area (Å²) in [5.74, 6) is 0.123. The van der Waals surface area contributed by atoms with Crippen molar-refractivity contribution in [3.05, 3.63) is 70.9 Å². The number of esters is 1. The highest BCUT2D eigenvalue weighted by Crippen LogP contribution is 2.34. The Balaban J connectivity index is 1.98. The molecule has 7 nitrogen and oxygen atoms in total. The van der Waals surface area contributed by atoms with Gasteiger partial charge in [0.15, 0.2) is 5.11 Å². The normalized spacial score (nSPS) is 15.7. The van der Waals surface area contributed by atoms with Crippen LogP contribution in [0.15, 0.2) is 59.8 Å². The number of hydrogen-bond donors (Lipinski definition) is 3. The molecule has 1 aliphatic heterocycles. The van der Waals surface area contributed by atoms with Gasteiger partial charge in [-0.1, -0.05) is 44.2 Å². The van der Waals surface area contributed by atoms with E-state index < -0.39 is 12.0 Å². The van der Waals surface area contributed by atoms with Crippen molar-refractivity contribution in [1.82, 2.24) is 10.6 Å². The molecule has 3 rings (SSSR count). The number of benzene rings is 2. The summed E-state index contributed by atoms with van der Waals surface area (Å²) < 4.78 is 10.8. The van der Waals surface area contributed by atoms with Crippen molar-refractivity contribution in [1.29, 1.82) is 0 Å². The standard InChI is InChI=1S/C24H27N3O4S/c1-14(2)13-31-19-12-8-6-10-17(19)21-20(15(3)25-24(32)27-21)22(28)26-18-11-7-5-9-16(18)23(29)30-4/h5-12,14,21H,13H2,1-4H3,(H,26,28)(H2,25,27,32). The van der Waals surface area contributed by atoms with Crippen molar-refractivity contribution >= 4 is 34.9 Å². The highest BCUT2D eigenvalue weighted by atomic mass is 32.1. The first kappa shape index (κ1) is 23.3. The maximum absolute atomic E-state index is 13.4. The van der Waals surface area contributed by atoms with Gasteiger partial charge >= 0.3 is 5.97 Å². The number of ether oxygens (including phenoxy) is 2. The minimum atomic E-state index is -0.531. The summed E-state index contributed by atoms with van der Waals surface area (Å²) >= 11 is 5.36. The van der Waals surface area contributed by atoms with Crippen LogP contribution in [-0.4, -0.2) is 30.7 Å². The van der Waals surface area contributed by atoms with Gasteiger partial charge < -0.3 is 25.4 Å². The van der Waals surface area contributed by atoms with Crippen molar-refractivity contribution in [2.24, 2.45) is 5.92 Å². The molecule has 3 N–H and O–H groups in total. The minimum Gasteiger partial charge on any atom is -0.493 e. The van der Waals surface area contributed by atoms with E-state index in [1.807, 2.05) is 24.3 Å². The zero-order valence-electron chi connectivity index (χ0n) is 18.5. The van der Waals surface area contributed by atoms with Crippen molar-refractivity contribution in [2.45, 2.75) is 26.8 Å². The van der Waals surface area contributed by atoms with Gasteiger partial charge in [-0.05, 0) is 43.3 Å². The van der Waals surface area contributed by atoms with Crippen LogP contribution in [0.4, 0.5) is 5.69 Å². The van der Waals surface area contributed by atoms with Gasteiger partial charge in [0.05, 0.1) is 36.6 Å². The molecule has 168 valence electrons. The maximum atomic E-state index is 13.4. The van der Waals surface area contributed by atoms with Gasteiger partial charge in [-0.15, -0.1) is 0 Å². The number of carbonyl (C=O) groups excluding carboxylic acids is 2. The molecular formula is C24H27N3O4S. The zero-order valence-corrected chi connectivity index (χ0v) is 19.3. The Morgan fingerprint density at radius 1 is 1.12 bits per heavy atom. The predicted octanol–water partition coefficient (Wildman–Crippen LogP) is 3.94. The van der Waals surface area contributed by atoms with Crippen molar-refractivity contribution in [3.63, 3.8) is 0 Å². The van der Waals surface area contributed by atoms with E-state index in [0.29, 0.717) is 40.3 Å². The van der Waals surface area contributed by atoms with Crippen LogP contribution >= 0.6 is 12.2 Å². The molecule has 0 fully saturated rings. The highest BCUT2D eigenvalue weighted by Gasteiger charge is 2.32. The number of rotatable bonds is 7. The summed E-state index contributed by atoms with van der Waals surface area (Å²) in [6.07, 6.45) is 0. The first-order valence-corrected chi connectivity index (χ1v) is 10.7. The molecule has 0 aliphatic carbocycles. The number of anilines is 1. The fraction of sp³-hybridized carbons (Fsp3) is 0.292. The molecule has 8 heteroatoms. The van der Waals surface area contributed by atoms with Crippen LogP contribution in [0.1, 0.15) is 42.7 Å². The number of nitrogens with one attached hydrogen (secondary N) is 3. The Morgan fingerprint density at radius 3 is 2.53 bits per heavy atom. The number of thiocarbonyl (C=S) groups is 1. The van der Waals surface area contributed by atoms with Gasteiger partial charge in [-0.25, -0.2) is 4.79 Å². The third kappa shape index (κ3) is 5.26. The Labute approximate surface area is 193 Å². The van der Waals surface area contributed by atoms with Crippen molar-refractivity contribution in [3.8, 4) is 5.75 Å². The number of methoxy groups -OCH3 is 1. The highest BCUT2D eigenvalue weighted by molar-refractivity contribution is 7.80. The third-order valence-corrected chi connectivity index (χ3v) is 5.12. The lowest BCUT2D eigenvalue weighted by molar-refractivity contribution is -0.113. The van der Waals surface area contributed by atoms with Gasteiger partial charge in [0.25, 0.3) is 5.91 Å². The molecule has 0 spiro atoms. The fourth-order valence-electron chi connectivity index (χ4n) is 3.40. The summed E-state index contributed by atoms with van der Waals surface area (Å²) in [4.78, 5) is 25.5. The molecule has 2 aromatic carbocycles. The first-order chi connectivity index (χ1) is 15.3. The van der Waals surface area contributed by atoms with Gasteiger partial charge in [0.1, 0.15) is 5.75 Å². The van der Waals surface area contributed by atoms with Crippen LogP contribution in [0.2, 0.25) is 0 Å². The lowest BCUT2D eigenvalue weighted by Gasteiger charge is -2.31. The molecule has 0 radical (unpaired) electrons. The number of carbonyl (C=O) groups is 2. The number of allylic oxidation sites excluding steroid dienone is 1. The number of hydrogen-bond acceptors (Lipinski definition) is 5. The van der Waals surface area contributed by atoms with Gasteiger partial charge in [0, 0.05) is 11.3 Å². The Hall–Kier alpha value is -3.39. The van der Waals surface area contributed by atoms with E-state index in [-0.39, 0.29) is 11.5 Å². The second kappa shape index (κ2) is 10.3. The van der Waals surface area contributed by atoms with E-state index in [1.165, 1.54) is 7.11 Å². The smallest absolute Gasteiger partial charge is 0.339 e. The summed E-state index contributed by atoms with van der Waals surface area (Å²) in [5, 5.41) is 9.47. The minimum absolute atomic E-state index is 0.270. The second-order valence-corrected chi connectivity index (χ2v) is 8.21. The van der Waals surface area contributed by atoms with Gasteiger partial charge in [-0.2, -0.15) is 0 Å². The molecule has 2 aromatic rings. The SMILES string of the molecule is COC(=O)c1ccccc1NC(=O)C1=C(C)NC(=S)NC1c1ccccc1OCC(C)C.